The first-order chi connectivity index (χ1) is 5.41. The maximum absolute atomic E-state index is 12.9. The summed E-state index contributed by atoms with van der Waals surface area (Å²) in [5.41, 5.74) is 0.579. The van der Waals surface area contributed by atoms with Gasteiger partial charge in [-0.1, -0.05) is 32.4 Å². The lowest BCUT2D eigenvalue weighted by Crippen LogP contribution is -2.13. The maximum atomic E-state index is 12.9. The molecule has 3 heteroatoms. The Bertz CT molecular complexity index is 291. The first-order valence-electron chi connectivity index (χ1n) is 3.73. The van der Waals surface area contributed by atoms with Crippen molar-refractivity contribution in [3.05, 3.63) is 28.8 Å². The van der Waals surface area contributed by atoms with E-state index in [1.54, 1.807) is 0 Å². The van der Waals surface area contributed by atoms with Crippen LogP contribution in [-0.2, 0) is 5.41 Å². The molecule has 0 N–H and O–H groups in total. The van der Waals surface area contributed by atoms with E-state index < -0.39 is 5.82 Å². The molecule has 1 aromatic heterocycles. The molecule has 0 unspecified atom stereocenters. The SMILES string of the molecule is CC(C)(C)c1cc(F)c(Cl)cn1. The zero-order valence-electron chi connectivity index (χ0n) is 7.36. The summed E-state index contributed by atoms with van der Waals surface area (Å²) in [5.74, 6) is -0.406. The normalized spacial score (nSPS) is 11.8. The molecule has 0 aromatic carbocycles. The Morgan fingerprint density at radius 2 is 2.00 bits per heavy atom. The van der Waals surface area contributed by atoms with Gasteiger partial charge in [0.15, 0.2) is 0 Å². The molecule has 12 heavy (non-hydrogen) atoms. The number of hydrogen-bond acceptors (Lipinski definition) is 1. The average molecular weight is 188 g/mol. The second-order valence-electron chi connectivity index (χ2n) is 3.73. The Labute approximate surface area is 76.6 Å². The molecule has 0 fully saturated rings. The van der Waals surface area contributed by atoms with Crippen molar-refractivity contribution in [2.45, 2.75) is 26.2 Å². The van der Waals surface area contributed by atoms with Crippen LogP contribution in [0.5, 0.6) is 0 Å². The van der Waals surface area contributed by atoms with Crippen molar-refractivity contribution in [3.63, 3.8) is 0 Å². The van der Waals surface area contributed by atoms with Gasteiger partial charge >= 0.3 is 0 Å². The minimum absolute atomic E-state index is 0.0722. The molecule has 0 aliphatic carbocycles. The highest BCUT2D eigenvalue weighted by molar-refractivity contribution is 6.30. The van der Waals surface area contributed by atoms with Gasteiger partial charge in [-0.3, -0.25) is 4.98 Å². The zero-order valence-corrected chi connectivity index (χ0v) is 8.11. The van der Waals surface area contributed by atoms with E-state index in [-0.39, 0.29) is 10.4 Å². The van der Waals surface area contributed by atoms with Crippen molar-refractivity contribution < 1.29 is 4.39 Å². The first kappa shape index (κ1) is 9.46. The topological polar surface area (TPSA) is 12.9 Å². The number of aromatic nitrogens is 1. The molecule has 0 radical (unpaired) electrons. The Morgan fingerprint density at radius 1 is 1.42 bits per heavy atom. The second kappa shape index (κ2) is 3.02. The highest BCUT2D eigenvalue weighted by Gasteiger charge is 2.16. The number of nitrogens with zero attached hydrogens (tertiary/aromatic N) is 1. The van der Waals surface area contributed by atoms with E-state index in [4.69, 9.17) is 11.6 Å². The molecule has 0 spiro atoms. The lowest BCUT2D eigenvalue weighted by atomic mass is 9.92. The standard InChI is InChI=1S/C9H11ClFN/c1-9(2,3)8-4-7(11)6(10)5-12-8/h4-5H,1-3H3. The number of halogens is 2. The summed E-state index contributed by atoms with van der Waals surface area (Å²) in [6.45, 7) is 5.92. The van der Waals surface area contributed by atoms with E-state index in [0.717, 1.165) is 0 Å². The summed E-state index contributed by atoms with van der Waals surface area (Å²) in [5, 5.41) is 0.0722. The van der Waals surface area contributed by atoms with Crippen LogP contribution in [0, 0.1) is 5.82 Å². The van der Waals surface area contributed by atoms with Crippen LogP contribution in [0.2, 0.25) is 5.02 Å². The molecule has 0 bridgehead atoms. The predicted molar refractivity (Wildman–Crippen MR) is 47.9 cm³/mol. The summed E-state index contributed by atoms with van der Waals surface area (Å²) < 4.78 is 12.9. The largest absolute Gasteiger partial charge is 0.259 e. The van der Waals surface area contributed by atoms with Crippen LogP contribution in [0.4, 0.5) is 4.39 Å². The molecule has 0 aliphatic heterocycles. The van der Waals surface area contributed by atoms with Crippen molar-refractivity contribution in [1.82, 2.24) is 4.98 Å². The van der Waals surface area contributed by atoms with E-state index in [1.807, 2.05) is 20.8 Å². The lowest BCUT2D eigenvalue weighted by molar-refractivity contribution is 0.552. The third-order valence-electron chi connectivity index (χ3n) is 1.58. The van der Waals surface area contributed by atoms with Gasteiger partial charge in [-0.2, -0.15) is 0 Å². The third-order valence-corrected chi connectivity index (χ3v) is 1.86. The van der Waals surface area contributed by atoms with Gasteiger partial charge in [0.2, 0.25) is 0 Å². The van der Waals surface area contributed by atoms with E-state index in [2.05, 4.69) is 4.98 Å². The average Bonchev–Trinajstić information content (AvgIpc) is 1.92. The summed E-state index contributed by atoms with van der Waals surface area (Å²) in [6, 6.07) is 1.38. The molecule has 1 heterocycles. The molecule has 0 atom stereocenters. The molecular formula is C9H11ClFN. The van der Waals surface area contributed by atoms with Crippen LogP contribution >= 0.6 is 11.6 Å². The maximum Gasteiger partial charge on any atom is 0.145 e. The predicted octanol–water partition coefficient (Wildman–Crippen LogP) is 3.17. The van der Waals surface area contributed by atoms with Gasteiger partial charge in [0.25, 0.3) is 0 Å². The zero-order chi connectivity index (χ0) is 9.35. The third kappa shape index (κ3) is 1.95. The van der Waals surface area contributed by atoms with Gasteiger partial charge in [-0.15, -0.1) is 0 Å². The number of pyridine rings is 1. The van der Waals surface area contributed by atoms with E-state index in [9.17, 15) is 4.39 Å². The number of hydrogen-bond donors (Lipinski definition) is 0. The monoisotopic (exact) mass is 187 g/mol. The van der Waals surface area contributed by atoms with E-state index in [1.165, 1.54) is 12.3 Å². The number of rotatable bonds is 0. The fourth-order valence-electron chi connectivity index (χ4n) is 0.824. The van der Waals surface area contributed by atoms with Gasteiger partial charge < -0.3 is 0 Å². The first-order valence-corrected chi connectivity index (χ1v) is 4.10. The van der Waals surface area contributed by atoms with Gasteiger partial charge in [0.05, 0.1) is 5.02 Å². The molecule has 0 saturated carbocycles. The highest BCUT2D eigenvalue weighted by atomic mass is 35.5. The minimum atomic E-state index is -0.406. The molecule has 0 amide bonds. The highest BCUT2D eigenvalue weighted by Crippen LogP contribution is 2.22. The van der Waals surface area contributed by atoms with Crippen molar-refractivity contribution in [1.29, 1.82) is 0 Å². The van der Waals surface area contributed by atoms with Crippen LogP contribution in [0.1, 0.15) is 26.5 Å². The van der Waals surface area contributed by atoms with Crippen LogP contribution in [0.15, 0.2) is 12.3 Å². The van der Waals surface area contributed by atoms with Crippen LogP contribution in [0.25, 0.3) is 0 Å². The summed E-state index contributed by atoms with van der Waals surface area (Å²) in [4.78, 5) is 4.04. The summed E-state index contributed by atoms with van der Waals surface area (Å²) in [6.07, 6.45) is 1.34. The van der Waals surface area contributed by atoms with Crippen molar-refractivity contribution in [2.24, 2.45) is 0 Å². The second-order valence-corrected chi connectivity index (χ2v) is 4.14. The van der Waals surface area contributed by atoms with Gasteiger partial charge in [-0.25, -0.2) is 4.39 Å². The van der Waals surface area contributed by atoms with Gasteiger partial charge in [-0.05, 0) is 6.07 Å². The van der Waals surface area contributed by atoms with Crippen molar-refractivity contribution in [3.8, 4) is 0 Å². The molecule has 1 aromatic rings. The van der Waals surface area contributed by atoms with Crippen LogP contribution in [0.3, 0.4) is 0 Å². The Hall–Kier alpha value is -0.630. The summed E-state index contributed by atoms with van der Waals surface area (Å²) in [7, 11) is 0. The van der Waals surface area contributed by atoms with Gasteiger partial charge in [0.1, 0.15) is 5.82 Å². The molecule has 1 nitrogen and oxygen atoms in total. The van der Waals surface area contributed by atoms with Gasteiger partial charge in [0, 0.05) is 17.3 Å². The molecule has 66 valence electrons. The van der Waals surface area contributed by atoms with Crippen LogP contribution < -0.4 is 0 Å². The van der Waals surface area contributed by atoms with Crippen molar-refractivity contribution >= 4 is 11.6 Å². The minimum Gasteiger partial charge on any atom is -0.259 e. The molecule has 1 rings (SSSR count). The fraction of sp³-hybridized carbons (Fsp3) is 0.444. The lowest BCUT2D eigenvalue weighted by Gasteiger charge is -2.17. The molecule has 0 aliphatic rings. The fourth-order valence-corrected chi connectivity index (χ4v) is 0.928. The smallest absolute Gasteiger partial charge is 0.145 e. The molecular weight excluding hydrogens is 177 g/mol. The Morgan fingerprint density at radius 3 is 2.42 bits per heavy atom. The van der Waals surface area contributed by atoms with E-state index in [0.29, 0.717) is 5.69 Å². The molecule has 0 saturated heterocycles. The quantitative estimate of drug-likeness (QED) is 0.608. The Balaban J connectivity index is 3.14. The van der Waals surface area contributed by atoms with Crippen molar-refractivity contribution in [2.75, 3.05) is 0 Å². The van der Waals surface area contributed by atoms with Crippen LogP contribution in [-0.4, -0.2) is 4.98 Å². The summed E-state index contributed by atoms with van der Waals surface area (Å²) >= 11 is 5.49. The Kier molecular flexibility index (Phi) is 2.38. The van der Waals surface area contributed by atoms with E-state index >= 15 is 0 Å².